The first-order chi connectivity index (χ1) is 11.4. The molecule has 1 heterocycles. The molecule has 0 bridgehead atoms. The average molecular weight is 368 g/mol. The zero-order valence-electron chi connectivity index (χ0n) is 13.2. The predicted molar refractivity (Wildman–Crippen MR) is 93.1 cm³/mol. The van der Waals surface area contributed by atoms with E-state index in [1.807, 2.05) is 12.1 Å². The fourth-order valence-electron chi connectivity index (χ4n) is 2.51. The van der Waals surface area contributed by atoms with Gasteiger partial charge in [0.05, 0.1) is 5.75 Å². The van der Waals surface area contributed by atoms with Crippen LogP contribution in [0.25, 0.3) is 0 Å². The number of rotatable bonds is 5. The Bertz CT molecular complexity index is 821. The molecule has 0 amide bonds. The molecule has 0 spiro atoms. The van der Waals surface area contributed by atoms with E-state index in [4.69, 9.17) is 21.1 Å². The molecular weight excluding hydrogens is 350 g/mol. The maximum atomic E-state index is 12.4. The number of sulfonamides is 1. The lowest BCUT2D eigenvalue weighted by atomic mass is 10.1. The second kappa shape index (κ2) is 7.01. The zero-order chi connectivity index (χ0) is 17.2. The van der Waals surface area contributed by atoms with Crippen molar-refractivity contribution in [3.63, 3.8) is 0 Å². The molecule has 0 aromatic heterocycles. The summed E-state index contributed by atoms with van der Waals surface area (Å²) in [6, 6.07) is 11.8. The van der Waals surface area contributed by atoms with Gasteiger partial charge in [-0.25, -0.2) is 13.1 Å². The van der Waals surface area contributed by atoms with E-state index < -0.39 is 10.0 Å². The van der Waals surface area contributed by atoms with Crippen molar-refractivity contribution in [3.05, 3.63) is 58.6 Å². The van der Waals surface area contributed by atoms with Crippen LogP contribution in [0.15, 0.2) is 42.5 Å². The summed E-state index contributed by atoms with van der Waals surface area (Å²) in [4.78, 5) is 0. The number of benzene rings is 2. The molecule has 0 aliphatic carbocycles. The molecule has 1 aliphatic heterocycles. The molecule has 1 N–H and O–H groups in total. The van der Waals surface area contributed by atoms with Crippen molar-refractivity contribution in [2.75, 3.05) is 13.2 Å². The molecule has 2 aromatic rings. The molecule has 2 aromatic carbocycles. The summed E-state index contributed by atoms with van der Waals surface area (Å²) >= 11 is 5.82. The van der Waals surface area contributed by atoms with Crippen LogP contribution in [0.4, 0.5) is 0 Å². The van der Waals surface area contributed by atoms with Gasteiger partial charge < -0.3 is 9.47 Å². The van der Waals surface area contributed by atoms with Gasteiger partial charge in [0, 0.05) is 11.1 Å². The number of hydrogen-bond donors (Lipinski definition) is 1. The SMILES string of the molecule is C[C@H](NS(=O)(=O)Cc1ccc(Cl)cc1)c1ccc2c(c1)OCCO2. The summed E-state index contributed by atoms with van der Waals surface area (Å²) < 4.78 is 38.4. The van der Waals surface area contributed by atoms with Crippen LogP contribution in [0.5, 0.6) is 11.5 Å². The smallest absolute Gasteiger partial charge is 0.216 e. The zero-order valence-corrected chi connectivity index (χ0v) is 14.7. The number of hydrogen-bond acceptors (Lipinski definition) is 4. The molecule has 0 saturated heterocycles. The molecule has 5 nitrogen and oxygen atoms in total. The van der Waals surface area contributed by atoms with Crippen LogP contribution in [-0.2, 0) is 15.8 Å². The summed E-state index contributed by atoms with van der Waals surface area (Å²) in [6.45, 7) is 2.81. The van der Waals surface area contributed by atoms with Crippen molar-refractivity contribution in [1.82, 2.24) is 4.72 Å². The summed E-state index contributed by atoms with van der Waals surface area (Å²) in [5.41, 5.74) is 1.50. The van der Waals surface area contributed by atoms with E-state index >= 15 is 0 Å². The van der Waals surface area contributed by atoms with Crippen LogP contribution in [-0.4, -0.2) is 21.6 Å². The minimum Gasteiger partial charge on any atom is -0.486 e. The van der Waals surface area contributed by atoms with Crippen LogP contribution in [0.1, 0.15) is 24.1 Å². The van der Waals surface area contributed by atoms with Gasteiger partial charge in [0.1, 0.15) is 13.2 Å². The third-order valence-corrected chi connectivity index (χ3v) is 5.37. The molecule has 1 atom stereocenters. The number of ether oxygens (including phenoxy) is 2. The monoisotopic (exact) mass is 367 g/mol. The van der Waals surface area contributed by atoms with E-state index in [-0.39, 0.29) is 11.8 Å². The third-order valence-electron chi connectivity index (χ3n) is 3.69. The summed E-state index contributed by atoms with van der Waals surface area (Å²) in [5.74, 6) is 1.22. The van der Waals surface area contributed by atoms with Gasteiger partial charge in [-0.15, -0.1) is 0 Å². The van der Waals surface area contributed by atoms with Crippen molar-refractivity contribution in [2.24, 2.45) is 0 Å². The first-order valence-corrected chi connectivity index (χ1v) is 9.60. The minimum absolute atomic E-state index is 0.0982. The highest BCUT2D eigenvalue weighted by Crippen LogP contribution is 2.32. The summed E-state index contributed by atoms with van der Waals surface area (Å²) in [6.07, 6.45) is 0. The second-order valence-corrected chi connectivity index (χ2v) is 7.82. The van der Waals surface area contributed by atoms with E-state index in [1.165, 1.54) is 0 Å². The van der Waals surface area contributed by atoms with Gasteiger partial charge in [-0.05, 0) is 42.3 Å². The van der Waals surface area contributed by atoms with E-state index in [1.54, 1.807) is 37.3 Å². The van der Waals surface area contributed by atoms with Crippen LogP contribution >= 0.6 is 11.6 Å². The fourth-order valence-corrected chi connectivity index (χ4v) is 4.02. The molecular formula is C17H18ClNO4S. The van der Waals surface area contributed by atoms with Crippen molar-refractivity contribution in [2.45, 2.75) is 18.7 Å². The standard InChI is InChI=1S/C17H18ClNO4S/c1-12(14-4-7-16-17(10-14)23-9-8-22-16)19-24(20,21)11-13-2-5-15(18)6-3-13/h2-7,10,12,19H,8-9,11H2,1H3/t12-/m0/s1. The van der Waals surface area contributed by atoms with Gasteiger partial charge >= 0.3 is 0 Å². The number of nitrogens with one attached hydrogen (secondary N) is 1. The third kappa shape index (κ3) is 4.20. The van der Waals surface area contributed by atoms with Gasteiger partial charge in [-0.2, -0.15) is 0 Å². The lowest BCUT2D eigenvalue weighted by Crippen LogP contribution is -2.28. The maximum Gasteiger partial charge on any atom is 0.216 e. The van der Waals surface area contributed by atoms with Gasteiger partial charge in [0.15, 0.2) is 11.5 Å². The fraction of sp³-hybridized carbons (Fsp3) is 0.294. The average Bonchev–Trinajstić information content (AvgIpc) is 2.56. The molecule has 0 saturated carbocycles. The van der Waals surface area contributed by atoms with Crippen LogP contribution in [0, 0.1) is 0 Å². The Hall–Kier alpha value is -1.76. The normalized spacial score (nSPS) is 15.1. The molecule has 0 unspecified atom stereocenters. The topological polar surface area (TPSA) is 64.6 Å². The van der Waals surface area contributed by atoms with Crippen molar-refractivity contribution >= 4 is 21.6 Å². The van der Waals surface area contributed by atoms with Gasteiger partial charge in [-0.1, -0.05) is 29.8 Å². The molecule has 1 aliphatic rings. The second-order valence-electron chi connectivity index (χ2n) is 5.63. The Morgan fingerprint density at radius 1 is 1.08 bits per heavy atom. The largest absolute Gasteiger partial charge is 0.486 e. The highest BCUT2D eigenvalue weighted by atomic mass is 35.5. The van der Waals surface area contributed by atoms with Crippen LogP contribution in [0.2, 0.25) is 5.02 Å². The van der Waals surface area contributed by atoms with Crippen molar-refractivity contribution in [1.29, 1.82) is 0 Å². The minimum atomic E-state index is -3.48. The Morgan fingerprint density at radius 3 is 2.46 bits per heavy atom. The molecule has 0 fully saturated rings. The highest BCUT2D eigenvalue weighted by molar-refractivity contribution is 7.88. The lowest BCUT2D eigenvalue weighted by Gasteiger charge is -2.21. The summed E-state index contributed by atoms with van der Waals surface area (Å²) in [7, 11) is -3.48. The summed E-state index contributed by atoms with van der Waals surface area (Å²) in [5, 5.41) is 0.578. The number of halogens is 1. The maximum absolute atomic E-state index is 12.4. The van der Waals surface area contributed by atoms with E-state index in [9.17, 15) is 8.42 Å². The molecule has 3 rings (SSSR count). The van der Waals surface area contributed by atoms with Crippen molar-refractivity contribution in [3.8, 4) is 11.5 Å². The Kier molecular flexibility index (Phi) is 4.99. The molecule has 0 radical (unpaired) electrons. The lowest BCUT2D eigenvalue weighted by molar-refractivity contribution is 0.171. The van der Waals surface area contributed by atoms with Gasteiger partial charge in [-0.3, -0.25) is 0 Å². The Labute approximate surface area is 146 Å². The Morgan fingerprint density at radius 2 is 1.75 bits per heavy atom. The van der Waals surface area contributed by atoms with Gasteiger partial charge in [0.2, 0.25) is 10.0 Å². The van der Waals surface area contributed by atoms with Gasteiger partial charge in [0.25, 0.3) is 0 Å². The number of fused-ring (bicyclic) bond motifs is 1. The van der Waals surface area contributed by atoms with E-state index in [0.717, 1.165) is 5.56 Å². The van der Waals surface area contributed by atoms with Crippen LogP contribution in [0.3, 0.4) is 0 Å². The molecule has 24 heavy (non-hydrogen) atoms. The molecule has 7 heteroatoms. The molecule has 128 valence electrons. The predicted octanol–water partition coefficient (Wildman–Crippen LogP) is 3.29. The highest BCUT2D eigenvalue weighted by Gasteiger charge is 2.19. The van der Waals surface area contributed by atoms with E-state index in [2.05, 4.69) is 4.72 Å². The first-order valence-electron chi connectivity index (χ1n) is 7.57. The van der Waals surface area contributed by atoms with Crippen LogP contribution < -0.4 is 14.2 Å². The first kappa shape index (κ1) is 17.1. The quantitative estimate of drug-likeness (QED) is 0.880. The van der Waals surface area contributed by atoms with Crippen molar-refractivity contribution < 1.29 is 17.9 Å². The van der Waals surface area contributed by atoms with E-state index in [0.29, 0.717) is 35.3 Å². The Balaban J connectivity index is 1.71.